The van der Waals surface area contributed by atoms with Crippen molar-refractivity contribution < 1.29 is 4.74 Å². The topological polar surface area (TPSA) is 21.3 Å². The molecule has 0 aliphatic heterocycles. The van der Waals surface area contributed by atoms with Gasteiger partial charge >= 0.3 is 0 Å². The van der Waals surface area contributed by atoms with Gasteiger partial charge in [0.15, 0.2) is 0 Å². The van der Waals surface area contributed by atoms with E-state index in [1.54, 1.807) is 0 Å². The van der Waals surface area contributed by atoms with Gasteiger partial charge in [-0.3, -0.25) is 0 Å². The van der Waals surface area contributed by atoms with Gasteiger partial charge in [-0.2, -0.15) is 0 Å². The third kappa shape index (κ3) is 6.22. The summed E-state index contributed by atoms with van der Waals surface area (Å²) < 4.78 is 6.20. The van der Waals surface area contributed by atoms with Crippen LogP contribution in [-0.4, -0.2) is 18.7 Å². The number of ether oxygens (including phenoxy) is 1. The molecule has 1 N–H and O–H groups in total. The predicted octanol–water partition coefficient (Wildman–Crippen LogP) is 4.24. The number of benzene rings is 1. The van der Waals surface area contributed by atoms with Crippen molar-refractivity contribution in [3.8, 4) is 0 Å². The van der Waals surface area contributed by atoms with E-state index in [-0.39, 0.29) is 6.10 Å². The van der Waals surface area contributed by atoms with Crippen molar-refractivity contribution in [1.82, 2.24) is 5.32 Å². The Morgan fingerprint density at radius 1 is 1.11 bits per heavy atom. The number of rotatable bonds is 8. The first-order valence-electron chi connectivity index (χ1n) is 7.48. The Hall–Kier alpha value is -0.860. The maximum absolute atomic E-state index is 6.20. The van der Waals surface area contributed by atoms with Crippen LogP contribution < -0.4 is 5.32 Å². The van der Waals surface area contributed by atoms with Crippen molar-refractivity contribution in [3.63, 3.8) is 0 Å². The monoisotopic (exact) mass is 263 g/mol. The molecule has 0 saturated heterocycles. The van der Waals surface area contributed by atoms with E-state index < -0.39 is 0 Å². The molecule has 0 spiro atoms. The minimum atomic E-state index is 0.143. The fourth-order valence-electron chi connectivity index (χ4n) is 2.12. The maximum Gasteiger partial charge on any atom is 0.0952 e. The summed E-state index contributed by atoms with van der Waals surface area (Å²) in [5.41, 5.74) is 2.56. The van der Waals surface area contributed by atoms with E-state index in [0.717, 1.165) is 13.0 Å². The van der Waals surface area contributed by atoms with Gasteiger partial charge in [-0.05, 0) is 25.8 Å². The lowest BCUT2D eigenvalue weighted by molar-refractivity contribution is -0.00806. The molecule has 0 amide bonds. The Morgan fingerprint density at radius 3 is 2.26 bits per heavy atom. The molecule has 1 aromatic carbocycles. The van der Waals surface area contributed by atoms with Gasteiger partial charge in [-0.1, -0.05) is 57.0 Å². The van der Waals surface area contributed by atoms with Crippen LogP contribution in [0.5, 0.6) is 0 Å². The molecule has 2 atom stereocenters. The first-order chi connectivity index (χ1) is 9.02. The fourth-order valence-corrected chi connectivity index (χ4v) is 2.12. The molecule has 0 radical (unpaired) electrons. The standard InChI is InChI=1S/C17H29NO/c1-6-7-15(5)19-17(12-18-13(2)3)16-10-8-14(4)9-11-16/h8-11,13,15,17-18H,6-7,12H2,1-5H3. The van der Waals surface area contributed by atoms with Gasteiger partial charge in [-0.15, -0.1) is 0 Å². The maximum atomic E-state index is 6.20. The van der Waals surface area contributed by atoms with Crippen LogP contribution >= 0.6 is 0 Å². The highest BCUT2D eigenvalue weighted by Gasteiger charge is 2.15. The molecular formula is C17H29NO. The van der Waals surface area contributed by atoms with Crippen molar-refractivity contribution >= 4 is 0 Å². The molecule has 2 heteroatoms. The normalized spacial score (nSPS) is 14.6. The van der Waals surface area contributed by atoms with Gasteiger partial charge in [0.2, 0.25) is 0 Å². The summed E-state index contributed by atoms with van der Waals surface area (Å²) in [7, 11) is 0. The molecule has 2 nitrogen and oxygen atoms in total. The van der Waals surface area contributed by atoms with Crippen LogP contribution in [-0.2, 0) is 4.74 Å². The van der Waals surface area contributed by atoms with Crippen molar-refractivity contribution in [2.75, 3.05) is 6.54 Å². The quantitative estimate of drug-likeness (QED) is 0.757. The molecule has 0 saturated carbocycles. The molecule has 0 fully saturated rings. The first-order valence-corrected chi connectivity index (χ1v) is 7.48. The van der Waals surface area contributed by atoms with Gasteiger partial charge in [0, 0.05) is 12.6 Å². The van der Waals surface area contributed by atoms with Gasteiger partial charge in [0.1, 0.15) is 0 Å². The van der Waals surface area contributed by atoms with Crippen LogP contribution in [0.2, 0.25) is 0 Å². The van der Waals surface area contributed by atoms with Crippen molar-refractivity contribution in [2.45, 2.75) is 65.7 Å². The molecule has 19 heavy (non-hydrogen) atoms. The van der Waals surface area contributed by atoms with Crippen LogP contribution in [0, 0.1) is 6.92 Å². The molecule has 0 aliphatic rings. The molecule has 1 aromatic rings. The van der Waals surface area contributed by atoms with E-state index in [1.165, 1.54) is 17.5 Å². The average molecular weight is 263 g/mol. The fraction of sp³-hybridized carbons (Fsp3) is 0.647. The minimum Gasteiger partial charge on any atom is -0.369 e. The summed E-state index contributed by atoms with van der Waals surface area (Å²) in [6, 6.07) is 9.16. The summed E-state index contributed by atoms with van der Waals surface area (Å²) in [5, 5.41) is 3.48. The number of nitrogens with one attached hydrogen (secondary N) is 1. The molecule has 108 valence electrons. The Labute approximate surface area is 118 Å². The average Bonchev–Trinajstić information content (AvgIpc) is 2.35. The van der Waals surface area contributed by atoms with Crippen LogP contribution in [0.3, 0.4) is 0 Å². The summed E-state index contributed by atoms with van der Waals surface area (Å²) >= 11 is 0. The number of hydrogen-bond acceptors (Lipinski definition) is 2. The molecule has 0 aromatic heterocycles. The Morgan fingerprint density at radius 2 is 1.74 bits per heavy atom. The van der Waals surface area contributed by atoms with Crippen molar-refractivity contribution in [2.24, 2.45) is 0 Å². The zero-order valence-electron chi connectivity index (χ0n) is 13.1. The van der Waals surface area contributed by atoms with Gasteiger partial charge < -0.3 is 10.1 Å². The van der Waals surface area contributed by atoms with E-state index in [4.69, 9.17) is 4.74 Å². The lowest BCUT2D eigenvalue weighted by Crippen LogP contribution is -2.30. The smallest absolute Gasteiger partial charge is 0.0952 e. The highest BCUT2D eigenvalue weighted by atomic mass is 16.5. The third-order valence-corrected chi connectivity index (χ3v) is 3.25. The molecule has 0 bridgehead atoms. The third-order valence-electron chi connectivity index (χ3n) is 3.25. The SMILES string of the molecule is CCCC(C)OC(CNC(C)C)c1ccc(C)cc1. The van der Waals surface area contributed by atoms with Crippen molar-refractivity contribution in [1.29, 1.82) is 0 Å². The molecule has 2 unspecified atom stereocenters. The number of hydrogen-bond donors (Lipinski definition) is 1. The summed E-state index contributed by atoms with van der Waals surface area (Å²) in [6.07, 6.45) is 2.73. The van der Waals surface area contributed by atoms with E-state index >= 15 is 0 Å². The molecule has 0 heterocycles. The first kappa shape index (κ1) is 16.2. The van der Waals surface area contributed by atoms with Crippen LogP contribution in [0.15, 0.2) is 24.3 Å². The lowest BCUT2D eigenvalue weighted by Gasteiger charge is -2.24. The zero-order valence-corrected chi connectivity index (χ0v) is 13.1. The van der Waals surface area contributed by atoms with Crippen LogP contribution in [0.25, 0.3) is 0 Å². The number of aryl methyl sites for hydroxylation is 1. The van der Waals surface area contributed by atoms with E-state index in [0.29, 0.717) is 12.1 Å². The second-order valence-electron chi connectivity index (χ2n) is 5.70. The van der Waals surface area contributed by atoms with E-state index in [2.05, 4.69) is 64.2 Å². The Bertz CT molecular complexity index is 345. The predicted molar refractivity (Wildman–Crippen MR) is 82.5 cm³/mol. The van der Waals surface area contributed by atoms with E-state index in [9.17, 15) is 0 Å². The summed E-state index contributed by atoms with van der Waals surface area (Å²) in [5.74, 6) is 0. The minimum absolute atomic E-state index is 0.143. The molecular weight excluding hydrogens is 234 g/mol. The van der Waals surface area contributed by atoms with Gasteiger partial charge in [0.25, 0.3) is 0 Å². The Kier molecular flexibility index (Phi) is 7.11. The highest BCUT2D eigenvalue weighted by molar-refractivity contribution is 5.23. The largest absolute Gasteiger partial charge is 0.369 e. The lowest BCUT2D eigenvalue weighted by atomic mass is 10.1. The highest BCUT2D eigenvalue weighted by Crippen LogP contribution is 2.21. The molecule has 0 aliphatic carbocycles. The van der Waals surface area contributed by atoms with E-state index in [1.807, 2.05) is 0 Å². The molecule has 1 rings (SSSR count). The van der Waals surface area contributed by atoms with Crippen LogP contribution in [0.4, 0.5) is 0 Å². The van der Waals surface area contributed by atoms with Gasteiger partial charge in [-0.25, -0.2) is 0 Å². The summed E-state index contributed by atoms with van der Waals surface area (Å²) in [6.45, 7) is 11.7. The zero-order chi connectivity index (χ0) is 14.3. The van der Waals surface area contributed by atoms with Gasteiger partial charge in [0.05, 0.1) is 12.2 Å². The van der Waals surface area contributed by atoms with Crippen molar-refractivity contribution in [3.05, 3.63) is 35.4 Å². The Balaban J connectivity index is 2.70. The second kappa shape index (κ2) is 8.34. The summed E-state index contributed by atoms with van der Waals surface area (Å²) in [4.78, 5) is 0. The van der Waals surface area contributed by atoms with Crippen LogP contribution in [0.1, 0.15) is 57.8 Å². The second-order valence-corrected chi connectivity index (χ2v) is 5.70.